The summed E-state index contributed by atoms with van der Waals surface area (Å²) in [6.45, 7) is 5.96. The standard InChI is InChI=1S/C30H36N4O5S/c1-18(2)27(29(37)33-25-17-40-15-14-31-26(35)13-12-19(3)32-28(25)36)34-30(38)39-16-24-22-10-6-4-8-20(22)21-9-5-7-11-23(21)24/h4-13,18-19,24-25,27H,14-17H2,1-3H3,(H,31,35)(H,32,36)(H,33,37)(H,34,38)/b13-12+/t19-,25-,27-/m0/s1. The second kappa shape index (κ2) is 13.5. The second-order valence-corrected chi connectivity index (χ2v) is 11.4. The minimum Gasteiger partial charge on any atom is -0.449 e. The highest BCUT2D eigenvalue weighted by Gasteiger charge is 2.32. The molecule has 9 nitrogen and oxygen atoms in total. The summed E-state index contributed by atoms with van der Waals surface area (Å²) in [6.07, 6.45) is 2.29. The first-order chi connectivity index (χ1) is 19.2. The number of amides is 4. The zero-order valence-corrected chi connectivity index (χ0v) is 23.8. The third kappa shape index (κ3) is 7.24. The molecule has 1 aliphatic heterocycles. The van der Waals surface area contributed by atoms with E-state index in [-0.39, 0.29) is 30.3 Å². The molecule has 1 aliphatic carbocycles. The van der Waals surface area contributed by atoms with E-state index in [4.69, 9.17) is 4.74 Å². The Kier molecular flexibility index (Phi) is 9.87. The van der Waals surface area contributed by atoms with Gasteiger partial charge in [-0.25, -0.2) is 4.79 Å². The van der Waals surface area contributed by atoms with Crippen LogP contribution in [0.1, 0.15) is 37.8 Å². The van der Waals surface area contributed by atoms with E-state index in [1.54, 1.807) is 13.0 Å². The van der Waals surface area contributed by atoms with Gasteiger partial charge in [0, 0.05) is 36.1 Å². The number of alkyl carbamates (subject to hydrolysis) is 1. The molecular weight excluding hydrogens is 528 g/mol. The number of carbonyl (C=O) groups excluding carboxylic acids is 4. The van der Waals surface area contributed by atoms with E-state index < -0.39 is 30.1 Å². The van der Waals surface area contributed by atoms with Gasteiger partial charge in [-0.15, -0.1) is 0 Å². The van der Waals surface area contributed by atoms with Crippen LogP contribution in [0.4, 0.5) is 4.79 Å². The SMILES string of the molecule is CC(C)[C@H](NC(=O)OCC1c2ccccc2-c2ccccc21)C(=O)N[C@H]1CSCCNC(=O)/C=C/[C@H](C)NC1=O. The van der Waals surface area contributed by atoms with Crippen molar-refractivity contribution in [2.45, 2.75) is 44.8 Å². The van der Waals surface area contributed by atoms with Crippen LogP contribution in [0.5, 0.6) is 0 Å². The number of hydrogen-bond acceptors (Lipinski definition) is 6. The van der Waals surface area contributed by atoms with Crippen molar-refractivity contribution in [3.8, 4) is 11.1 Å². The lowest BCUT2D eigenvalue weighted by atomic mass is 9.98. The Morgan fingerprint density at radius 2 is 1.70 bits per heavy atom. The van der Waals surface area contributed by atoms with E-state index in [0.717, 1.165) is 22.3 Å². The van der Waals surface area contributed by atoms with E-state index >= 15 is 0 Å². The Balaban J connectivity index is 1.38. The summed E-state index contributed by atoms with van der Waals surface area (Å²) in [5, 5.41) is 11.1. The Morgan fingerprint density at radius 3 is 2.35 bits per heavy atom. The minimum absolute atomic E-state index is 0.0951. The first-order valence-electron chi connectivity index (χ1n) is 13.5. The van der Waals surface area contributed by atoms with Gasteiger partial charge in [-0.2, -0.15) is 11.8 Å². The molecule has 4 amide bonds. The van der Waals surface area contributed by atoms with Crippen LogP contribution in [0.3, 0.4) is 0 Å². The molecule has 10 heteroatoms. The Labute approximate surface area is 238 Å². The predicted octanol–water partition coefficient (Wildman–Crippen LogP) is 2.96. The number of benzene rings is 2. The average molecular weight is 565 g/mol. The van der Waals surface area contributed by atoms with Crippen molar-refractivity contribution in [3.05, 3.63) is 71.8 Å². The van der Waals surface area contributed by atoms with E-state index in [2.05, 4.69) is 33.4 Å². The lowest BCUT2D eigenvalue weighted by molar-refractivity contribution is -0.130. The zero-order valence-electron chi connectivity index (χ0n) is 22.9. The molecule has 0 fully saturated rings. The maximum Gasteiger partial charge on any atom is 0.407 e. The zero-order chi connectivity index (χ0) is 28.6. The summed E-state index contributed by atoms with van der Waals surface area (Å²) < 4.78 is 5.64. The van der Waals surface area contributed by atoms with Gasteiger partial charge in [0.2, 0.25) is 17.7 Å². The van der Waals surface area contributed by atoms with Gasteiger partial charge in [-0.05, 0) is 35.1 Å². The van der Waals surface area contributed by atoms with Gasteiger partial charge < -0.3 is 26.0 Å². The largest absolute Gasteiger partial charge is 0.449 e. The highest BCUT2D eigenvalue weighted by molar-refractivity contribution is 7.99. The fourth-order valence-electron chi connectivity index (χ4n) is 4.86. The van der Waals surface area contributed by atoms with Crippen LogP contribution >= 0.6 is 11.8 Å². The fourth-order valence-corrected chi connectivity index (χ4v) is 5.74. The van der Waals surface area contributed by atoms with Crippen LogP contribution in [0.2, 0.25) is 0 Å². The van der Waals surface area contributed by atoms with Crippen LogP contribution in [-0.4, -0.2) is 66.6 Å². The molecule has 212 valence electrons. The highest BCUT2D eigenvalue weighted by Crippen LogP contribution is 2.44. The van der Waals surface area contributed by atoms with Gasteiger partial charge in [-0.1, -0.05) is 68.5 Å². The van der Waals surface area contributed by atoms with E-state index in [0.29, 0.717) is 18.1 Å². The number of ether oxygens (including phenoxy) is 1. The molecule has 0 radical (unpaired) electrons. The Bertz CT molecular complexity index is 1230. The van der Waals surface area contributed by atoms with Gasteiger partial charge in [0.05, 0.1) is 0 Å². The summed E-state index contributed by atoms with van der Waals surface area (Å²) in [7, 11) is 0. The third-order valence-corrected chi connectivity index (χ3v) is 8.00. The van der Waals surface area contributed by atoms with E-state index in [9.17, 15) is 19.2 Å². The number of thioether (sulfide) groups is 1. The van der Waals surface area contributed by atoms with Crippen molar-refractivity contribution in [3.63, 3.8) is 0 Å². The summed E-state index contributed by atoms with van der Waals surface area (Å²) >= 11 is 1.44. The van der Waals surface area contributed by atoms with E-state index in [1.165, 1.54) is 17.8 Å². The third-order valence-electron chi connectivity index (χ3n) is 6.94. The molecule has 3 atom stereocenters. The second-order valence-electron chi connectivity index (χ2n) is 10.3. The molecule has 4 rings (SSSR count). The molecular formula is C30H36N4O5S. The summed E-state index contributed by atoms with van der Waals surface area (Å²) in [5.41, 5.74) is 4.47. The number of rotatable bonds is 6. The molecule has 40 heavy (non-hydrogen) atoms. The fraction of sp³-hybridized carbons (Fsp3) is 0.400. The molecule has 0 saturated carbocycles. The molecule has 2 aliphatic rings. The van der Waals surface area contributed by atoms with Gasteiger partial charge in [0.25, 0.3) is 0 Å². The van der Waals surface area contributed by atoms with Crippen LogP contribution in [0.25, 0.3) is 11.1 Å². The van der Waals surface area contributed by atoms with Crippen molar-refractivity contribution in [2.75, 3.05) is 24.7 Å². The van der Waals surface area contributed by atoms with Crippen molar-refractivity contribution in [1.82, 2.24) is 21.3 Å². The van der Waals surface area contributed by atoms with Crippen LogP contribution in [-0.2, 0) is 19.1 Å². The van der Waals surface area contributed by atoms with Gasteiger partial charge in [-0.3, -0.25) is 14.4 Å². The number of hydrogen-bond donors (Lipinski definition) is 4. The number of nitrogens with one attached hydrogen (secondary N) is 4. The molecule has 4 N–H and O–H groups in total. The van der Waals surface area contributed by atoms with Gasteiger partial charge in [0.15, 0.2) is 0 Å². The summed E-state index contributed by atoms with van der Waals surface area (Å²) in [4.78, 5) is 50.9. The van der Waals surface area contributed by atoms with Crippen molar-refractivity contribution in [2.24, 2.45) is 5.92 Å². The molecule has 0 bridgehead atoms. The normalized spacial score (nSPS) is 21.0. The van der Waals surface area contributed by atoms with Crippen molar-refractivity contribution >= 4 is 35.6 Å². The van der Waals surface area contributed by atoms with Crippen LogP contribution in [0, 0.1) is 5.92 Å². The molecule has 0 saturated heterocycles. The Morgan fingerprint density at radius 1 is 1.05 bits per heavy atom. The van der Waals surface area contributed by atoms with Gasteiger partial charge >= 0.3 is 6.09 Å². The maximum absolute atomic E-state index is 13.3. The first-order valence-corrected chi connectivity index (χ1v) is 14.7. The summed E-state index contributed by atoms with van der Waals surface area (Å²) in [5.74, 6) is -0.483. The lowest BCUT2D eigenvalue weighted by Crippen LogP contribution is -2.57. The molecule has 0 unspecified atom stereocenters. The highest BCUT2D eigenvalue weighted by atomic mass is 32.2. The molecule has 0 spiro atoms. The van der Waals surface area contributed by atoms with Crippen molar-refractivity contribution in [1.29, 1.82) is 0 Å². The summed E-state index contributed by atoms with van der Waals surface area (Å²) in [6, 6.07) is 14.0. The van der Waals surface area contributed by atoms with Crippen LogP contribution in [0.15, 0.2) is 60.7 Å². The van der Waals surface area contributed by atoms with E-state index in [1.807, 2.05) is 50.2 Å². The smallest absolute Gasteiger partial charge is 0.407 e. The molecule has 0 aromatic heterocycles. The predicted molar refractivity (Wildman–Crippen MR) is 156 cm³/mol. The molecule has 1 heterocycles. The molecule has 2 aromatic carbocycles. The van der Waals surface area contributed by atoms with Crippen LogP contribution < -0.4 is 21.3 Å². The minimum atomic E-state index is -0.897. The van der Waals surface area contributed by atoms with Gasteiger partial charge in [0.1, 0.15) is 18.7 Å². The average Bonchev–Trinajstić information content (AvgIpc) is 3.25. The lowest BCUT2D eigenvalue weighted by Gasteiger charge is -2.26. The quantitative estimate of drug-likeness (QED) is 0.428. The number of fused-ring (bicyclic) bond motifs is 3. The Hall–Kier alpha value is -3.79. The number of carbonyl (C=O) groups is 4. The molecule has 2 aromatic rings. The monoisotopic (exact) mass is 564 g/mol. The first kappa shape index (κ1) is 29.2. The van der Waals surface area contributed by atoms with Crippen molar-refractivity contribution < 1.29 is 23.9 Å². The topological polar surface area (TPSA) is 126 Å². The maximum atomic E-state index is 13.3.